The predicted molar refractivity (Wildman–Crippen MR) is 144 cm³/mol. The molecule has 0 atom stereocenters. The molecule has 4 aromatic carbocycles. The lowest BCUT2D eigenvalue weighted by atomic mass is 10.1. The summed E-state index contributed by atoms with van der Waals surface area (Å²) in [5.41, 5.74) is 9.13. The molecule has 2 heterocycles. The molecule has 0 aliphatic carbocycles. The van der Waals surface area contributed by atoms with Crippen molar-refractivity contribution in [3.63, 3.8) is 0 Å². The summed E-state index contributed by atoms with van der Waals surface area (Å²) in [6.07, 6.45) is 0. The average molecular weight is 458 g/mol. The second-order valence-corrected chi connectivity index (χ2v) is 9.55. The standard InChI is InChI=1S/C32H29N2O/c1-21(2)31-23(4)33(28-20-27-26-17-11-12-18-29(26)35-30(27)19-22(28)3)32(24-13-7-5-8-14-24)34(31)25-15-9-6-10-16-25/h5-21H,1-4H3/q+1. The molecule has 172 valence electrons. The molecule has 0 bridgehead atoms. The number of hydrogen-bond acceptors (Lipinski definition) is 1. The molecule has 0 fully saturated rings. The Kier molecular flexibility index (Phi) is 5.07. The topological polar surface area (TPSA) is 21.9 Å². The third-order valence-electron chi connectivity index (χ3n) is 6.90. The molecule has 0 radical (unpaired) electrons. The summed E-state index contributed by atoms with van der Waals surface area (Å²) in [5, 5.41) is 2.29. The Morgan fingerprint density at radius 1 is 0.714 bits per heavy atom. The van der Waals surface area contributed by atoms with E-state index in [0.717, 1.165) is 27.8 Å². The Bertz CT molecular complexity index is 1670. The first-order valence-electron chi connectivity index (χ1n) is 12.2. The maximum Gasteiger partial charge on any atom is 0.299 e. The first kappa shape index (κ1) is 21.4. The van der Waals surface area contributed by atoms with Crippen LogP contribution in [0.5, 0.6) is 0 Å². The zero-order valence-electron chi connectivity index (χ0n) is 20.6. The fourth-order valence-electron chi connectivity index (χ4n) is 5.41. The third-order valence-corrected chi connectivity index (χ3v) is 6.90. The summed E-state index contributed by atoms with van der Waals surface area (Å²) in [7, 11) is 0. The Morgan fingerprint density at radius 2 is 1.37 bits per heavy atom. The van der Waals surface area contributed by atoms with Crippen LogP contribution in [-0.2, 0) is 0 Å². The van der Waals surface area contributed by atoms with Gasteiger partial charge in [-0.15, -0.1) is 0 Å². The number of benzene rings is 4. The van der Waals surface area contributed by atoms with Crippen molar-refractivity contribution in [1.29, 1.82) is 0 Å². The molecule has 0 saturated heterocycles. The van der Waals surface area contributed by atoms with Crippen molar-refractivity contribution < 1.29 is 8.98 Å². The molecule has 0 N–H and O–H groups in total. The summed E-state index contributed by atoms with van der Waals surface area (Å²) >= 11 is 0. The lowest BCUT2D eigenvalue weighted by molar-refractivity contribution is -0.590. The molecule has 6 rings (SSSR count). The van der Waals surface area contributed by atoms with Gasteiger partial charge in [0.25, 0.3) is 5.82 Å². The van der Waals surface area contributed by atoms with Crippen LogP contribution >= 0.6 is 0 Å². The van der Waals surface area contributed by atoms with Gasteiger partial charge in [0.1, 0.15) is 28.2 Å². The number of fused-ring (bicyclic) bond motifs is 3. The molecule has 6 aromatic rings. The molecule has 35 heavy (non-hydrogen) atoms. The molecule has 0 aliphatic heterocycles. The second kappa shape index (κ2) is 8.28. The maximum absolute atomic E-state index is 6.19. The fraction of sp³-hybridized carbons (Fsp3) is 0.156. The van der Waals surface area contributed by atoms with Crippen molar-refractivity contribution >= 4 is 21.9 Å². The quantitative estimate of drug-likeness (QED) is 0.245. The van der Waals surface area contributed by atoms with Gasteiger partial charge in [0.15, 0.2) is 5.69 Å². The SMILES string of the molecule is Cc1cc2oc3ccccc3c2cc1-[n+]1c(C)c(C(C)C)n(-c2ccccc2)c1-c1ccccc1. The monoisotopic (exact) mass is 457 g/mol. The van der Waals surface area contributed by atoms with Crippen molar-refractivity contribution in [3.8, 4) is 22.8 Å². The first-order valence-corrected chi connectivity index (χ1v) is 12.2. The highest BCUT2D eigenvalue weighted by Gasteiger charge is 2.34. The fourth-order valence-corrected chi connectivity index (χ4v) is 5.41. The summed E-state index contributed by atoms with van der Waals surface area (Å²) < 4.78 is 11.1. The number of aromatic nitrogens is 2. The van der Waals surface area contributed by atoms with Gasteiger partial charge in [0, 0.05) is 29.2 Å². The number of furan rings is 1. The zero-order chi connectivity index (χ0) is 24.1. The lowest BCUT2D eigenvalue weighted by Gasteiger charge is -2.09. The highest BCUT2D eigenvalue weighted by Crippen LogP contribution is 2.34. The highest BCUT2D eigenvalue weighted by molar-refractivity contribution is 6.05. The average Bonchev–Trinajstić information content (AvgIpc) is 3.39. The molecule has 0 saturated carbocycles. The lowest BCUT2D eigenvalue weighted by Crippen LogP contribution is -2.36. The second-order valence-electron chi connectivity index (χ2n) is 9.55. The van der Waals surface area contributed by atoms with E-state index in [-0.39, 0.29) is 0 Å². The maximum atomic E-state index is 6.19. The molecule has 2 aromatic heterocycles. The van der Waals surface area contributed by atoms with Gasteiger partial charge < -0.3 is 4.42 Å². The van der Waals surface area contributed by atoms with Crippen LogP contribution in [0, 0.1) is 13.8 Å². The van der Waals surface area contributed by atoms with Gasteiger partial charge in [0.2, 0.25) is 0 Å². The Hall–Kier alpha value is -4.11. The van der Waals surface area contributed by atoms with E-state index in [1.165, 1.54) is 33.9 Å². The largest absolute Gasteiger partial charge is 0.456 e. The minimum Gasteiger partial charge on any atom is -0.456 e. The van der Waals surface area contributed by atoms with Crippen LogP contribution in [-0.4, -0.2) is 4.57 Å². The minimum absolute atomic E-state index is 0.345. The van der Waals surface area contributed by atoms with Gasteiger partial charge in [0.05, 0.1) is 5.56 Å². The number of aryl methyl sites for hydroxylation is 1. The molecule has 0 amide bonds. The van der Waals surface area contributed by atoms with E-state index < -0.39 is 0 Å². The molecule has 3 nitrogen and oxygen atoms in total. The number of hydrogen-bond donors (Lipinski definition) is 0. The van der Waals surface area contributed by atoms with Gasteiger partial charge in [-0.3, -0.25) is 0 Å². The molecule has 0 aliphatic rings. The Labute approximate surface area is 205 Å². The number of nitrogens with zero attached hydrogens (tertiary/aromatic N) is 2. The van der Waals surface area contributed by atoms with Crippen molar-refractivity contribution in [2.45, 2.75) is 33.6 Å². The van der Waals surface area contributed by atoms with E-state index in [4.69, 9.17) is 4.42 Å². The number of rotatable bonds is 4. The molecule has 0 spiro atoms. The van der Waals surface area contributed by atoms with Crippen molar-refractivity contribution in [3.05, 3.63) is 114 Å². The summed E-state index contributed by atoms with van der Waals surface area (Å²) in [5.74, 6) is 1.51. The van der Waals surface area contributed by atoms with E-state index >= 15 is 0 Å². The normalized spacial score (nSPS) is 11.7. The molecule has 0 unspecified atom stereocenters. The van der Waals surface area contributed by atoms with Crippen LogP contribution in [0.2, 0.25) is 0 Å². The molecule has 3 heteroatoms. The van der Waals surface area contributed by atoms with E-state index in [2.05, 4.69) is 122 Å². The van der Waals surface area contributed by atoms with E-state index in [9.17, 15) is 0 Å². The minimum atomic E-state index is 0.345. The summed E-state index contributed by atoms with van der Waals surface area (Å²) in [6.45, 7) is 8.98. The van der Waals surface area contributed by atoms with Gasteiger partial charge in [-0.05, 0) is 49.4 Å². The van der Waals surface area contributed by atoms with Crippen molar-refractivity contribution in [2.24, 2.45) is 0 Å². The van der Waals surface area contributed by atoms with Crippen molar-refractivity contribution in [1.82, 2.24) is 4.57 Å². The van der Waals surface area contributed by atoms with Gasteiger partial charge in [-0.25, -0.2) is 0 Å². The summed E-state index contributed by atoms with van der Waals surface area (Å²) in [4.78, 5) is 0. The summed E-state index contributed by atoms with van der Waals surface area (Å²) in [6, 6.07) is 34.2. The van der Waals surface area contributed by atoms with Crippen LogP contribution in [0.3, 0.4) is 0 Å². The van der Waals surface area contributed by atoms with E-state index in [1.807, 2.05) is 12.1 Å². The number of para-hydroxylation sites is 2. The van der Waals surface area contributed by atoms with Gasteiger partial charge in [-0.1, -0.05) is 68.4 Å². The van der Waals surface area contributed by atoms with Crippen LogP contribution < -0.4 is 4.57 Å². The third kappa shape index (κ3) is 3.38. The van der Waals surface area contributed by atoms with E-state index in [0.29, 0.717) is 5.92 Å². The first-order chi connectivity index (χ1) is 17.0. The van der Waals surface area contributed by atoms with Gasteiger partial charge >= 0.3 is 0 Å². The molecular weight excluding hydrogens is 428 g/mol. The smallest absolute Gasteiger partial charge is 0.299 e. The van der Waals surface area contributed by atoms with Crippen LogP contribution in [0.15, 0.2) is 101 Å². The van der Waals surface area contributed by atoms with Crippen molar-refractivity contribution in [2.75, 3.05) is 0 Å². The van der Waals surface area contributed by atoms with E-state index in [1.54, 1.807) is 0 Å². The number of imidazole rings is 1. The zero-order valence-corrected chi connectivity index (χ0v) is 20.6. The van der Waals surface area contributed by atoms with Crippen LogP contribution in [0.1, 0.15) is 36.7 Å². The Morgan fingerprint density at radius 3 is 2.09 bits per heavy atom. The highest BCUT2D eigenvalue weighted by atomic mass is 16.3. The molecular formula is C32H29N2O+. The predicted octanol–water partition coefficient (Wildman–Crippen LogP) is 8.06. The Balaban J connectivity index is 1.76. The van der Waals surface area contributed by atoms with Crippen LogP contribution in [0.4, 0.5) is 0 Å². The van der Waals surface area contributed by atoms with Gasteiger partial charge in [-0.2, -0.15) is 9.13 Å². The van der Waals surface area contributed by atoms with Crippen LogP contribution in [0.25, 0.3) is 44.7 Å².